The number of esters is 1. The first kappa shape index (κ1) is 19.4. The maximum absolute atomic E-state index is 12.4. The van der Waals surface area contributed by atoms with Crippen LogP contribution in [0.5, 0.6) is 11.5 Å². The SMILES string of the molecule is COc1c(C(=O)OCC2CCNCC2O)cc(Cl)c(N)c1OCI. The number of benzene rings is 1. The van der Waals surface area contributed by atoms with Gasteiger partial charge in [0.25, 0.3) is 0 Å². The average Bonchev–Trinajstić information content (AvgIpc) is 2.58. The van der Waals surface area contributed by atoms with Crippen molar-refractivity contribution in [3.8, 4) is 11.5 Å². The molecule has 1 aromatic carbocycles. The van der Waals surface area contributed by atoms with Crippen molar-refractivity contribution in [1.29, 1.82) is 0 Å². The van der Waals surface area contributed by atoms with Gasteiger partial charge in [-0.25, -0.2) is 4.79 Å². The standard InChI is InChI=1S/C15H20ClIN2O5/c1-22-13-9(4-10(16)12(18)14(13)24-7-17)15(21)23-6-8-2-3-19-5-11(8)20/h4,8,11,19-20H,2-3,5-7,18H2,1H3. The fraction of sp³-hybridized carbons (Fsp3) is 0.533. The van der Waals surface area contributed by atoms with Crippen molar-refractivity contribution in [2.45, 2.75) is 12.5 Å². The first-order valence-electron chi connectivity index (χ1n) is 7.40. The van der Waals surface area contributed by atoms with Crippen molar-refractivity contribution in [2.24, 2.45) is 5.92 Å². The van der Waals surface area contributed by atoms with Crippen molar-refractivity contribution in [2.75, 3.05) is 37.2 Å². The van der Waals surface area contributed by atoms with Gasteiger partial charge >= 0.3 is 5.97 Å². The fourth-order valence-electron chi connectivity index (χ4n) is 2.53. The van der Waals surface area contributed by atoms with Crippen LogP contribution < -0.4 is 20.5 Å². The molecule has 1 saturated heterocycles. The zero-order valence-electron chi connectivity index (χ0n) is 13.2. The fourth-order valence-corrected chi connectivity index (χ4v) is 3.03. The molecule has 2 rings (SSSR count). The molecule has 7 nitrogen and oxygen atoms in total. The number of nitrogen functional groups attached to an aromatic ring is 1. The van der Waals surface area contributed by atoms with Crippen LogP contribution in [0.25, 0.3) is 0 Å². The molecule has 2 unspecified atom stereocenters. The van der Waals surface area contributed by atoms with Crippen LogP contribution >= 0.6 is 34.2 Å². The van der Waals surface area contributed by atoms with Crippen molar-refractivity contribution in [3.05, 3.63) is 16.7 Å². The molecule has 4 N–H and O–H groups in total. The van der Waals surface area contributed by atoms with Gasteiger partial charge in [-0.05, 0) is 41.6 Å². The molecule has 1 aliphatic rings. The molecule has 0 radical (unpaired) electrons. The summed E-state index contributed by atoms with van der Waals surface area (Å²) in [5, 5.41) is 13.2. The Morgan fingerprint density at radius 1 is 1.54 bits per heavy atom. The lowest BCUT2D eigenvalue weighted by molar-refractivity contribution is 0.0135. The van der Waals surface area contributed by atoms with Gasteiger partial charge in [-0.15, -0.1) is 0 Å². The monoisotopic (exact) mass is 470 g/mol. The Hall–Kier alpha value is -0.970. The number of carbonyl (C=O) groups is 1. The van der Waals surface area contributed by atoms with E-state index in [4.69, 9.17) is 31.5 Å². The number of alkyl halides is 1. The van der Waals surface area contributed by atoms with Crippen LogP contribution in [0, 0.1) is 5.92 Å². The number of nitrogens with two attached hydrogens (primary N) is 1. The summed E-state index contributed by atoms with van der Waals surface area (Å²) in [6.07, 6.45) is 0.193. The molecular weight excluding hydrogens is 451 g/mol. The van der Waals surface area contributed by atoms with E-state index in [1.807, 2.05) is 22.6 Å². The summed E-state index contributed by atoms with van der Waals surface area (Å²) in [4.78, 5) is 12.4. The van der Waals surface area contributed by atoms with Gasteiger partial charge in [0.1, 0.15) is 10.2 Å². The van der Waals surface area contributed by atoms with Crippen molar-refractivity contribution < 1.29 is 24.1 Å². The molecule has 1 heterocycles. The molecule has 2 atom stereocenters. The van der Waals surface area contributed by atoms with Gasteiger partial charge < -0.3 is 30.4 Å². The number of nitrogens with one attached hydrogen (secondary N) is 1. The molecule has 1 aromatic rings. The minimum Gasteiger partial charge on any atom is -0.492 e. The third-order valence-electron chi connectivity index (χ3n) is 3.86. The second-order valence-electron chi connectivity index (χ2n) is 5.35. The Morgan fingerprint density at radius 2 is 2.29 bits per heavy atom. The topological polar surface area (TPSA) is 103 Å². The van der Waals surface area contributed by atoms with E-state index in [1.165, 1.54) is 13.2 Å². The molecule has 24 heavy (non-hydrogen) atoms. The molecule has 0 bridgehead atoms. The molecule has 1 aliphatic heterocycles. The highest BCUT2D eigenvalue weighted by Crippen LogP contribution is 2.42. The molecule has 0 aromatic heterocycles. The van der Waals surface area contributed by atoms with Crippen LogP contribution in [0.3, 0.4) is 0 Å². The minimum atomic E-state index is -0.599. The Kier molecular flexibility index (Phi) is 7.20. The van der Waals surface area contributed by atoms with Crippen LogP contribution in [0.15, 0.2) is 6.07 Å². The molecule has 9 heteroatoms. The van der Waals surface area contributed by atoms with Gasteiger partial charge in [-0.1, -0.05) is 11.6 Å². The third-order valence-corrected chi connectivity index (χ3v) is 4.49. The second kappa shape index (κ2) is 8.93. The minimum absolute atomic E-state index is 0.101. The smallest absolute Gasteiger partial charge is 0.342 e. The molecule has 0 amide bonds. The number of β-amino-alcohol motifs (C(OH)–C–C–N with tert-alkyl or cyclic N) is 1. The van der Waals surface area contributed by atoms with E-state index in [0.717, 1.165) is 13.0 Å². The summed E-state index contributed by atoms with van der Waals surface area (Å²) in [6.45, 7) is 1.39. The van der Waals surface area contributed by atoms with E-state index in [-0.39, 0.29) is 40.3 Å². The van der Waals surface area contributed by atoms with Crippen LogP contribution in [-0.2, 0) is 4.74 Å². The normalized spacial score (nSPS) is 20.5. The Balaban J connectivity index is 2.18. The number of anilines is 1. The molecule has 0 aliphatic carbocycles. The van der Waals surface area contributed by atoms with Crippen molar-refractivity contribution in [1.82, 2.24) is 5.32 Å². The maximum Gasteiger partial charge on any atom is 0.342 e. The molecule has 0 spiro atoms. The molecule has 0 saturated carbocycles. The average molecular weight is 471 g/mol. The van der Waals surface area contributed by atoms with Gasteiger partial charge in [0.15, 0.2) is 11.5 Å². The number of rotatable bonds is 6. The quantitative estimate of drug-likeness (QED) is 0.252. The van der Waals surface area contributed by atoms with E-state index in [2.05, 4.69) is 5.32 Å². The highest BCUT2D eigenvalue weighted by Gasteiger charge is 2.27. The molecular formula is C15H20ClIN2O5. The second-order valence-corrected chi connectivity index (χ2v) is 6.38. The number of aliphatic hydroxyl groups is 1. The Labute approximate surface area is 158 Å². The number of halogens is 2. The van der Waals surface area contributed by atoms with Crippen molar-refractivity contribution >= 4 is 45.8 Å². The summed E-state index contributed by atoms with van der Waals surface area (Å²) in [7, 11) is 1.41. The number of aliphatic hydroxyl groups excluding tert-OH is 1. The van der Waals surface area contributed by atoms with Gasteiger partial charge in [0.2, 0.25) is 0 Å². The zero-order chi connectivity index (χ0) is 17.7. The first-order chi connectivity index (χ1) is 11.5. The van der Waals surface area contributed by atoms with Crippen LogP contribution in [-0.4, -0.2) is 48.6 Å². The number of methoxy groups -OCH3 is 1. The summed E-state index contributed by atoms with van der Waals surface area (Å²) in [6, 6.07) is 1.40. The maximum atomic E-state index is 12.4. The van der Waals surface area contributed by atoms with E-state index in [0.29, 0.717) is 11.2 Å². The van der Waals surface area contributed by atoms with Crippen molar-refractivity contribution in [3.63, 3.8) is 0 Å². The largest absolute Gasteiger partial charge is 0.492 e. The lowest BCUT2D eigenvalue weighted by Gasteiger charge is -2.27. The van der Waals surface area contributed by atoms with E-state index in [9.17, 15) is 9.90 Å². The van der Waals surface area contributed by atoms with Gasteiger partial charge in [-0.3, -0.25) is 0 Å². The number of hydrogen-bond donors (Lipinski definition) is 3. The third kappa shape index (κ3) is 4.35. The van der Waals surface area contributed by atoms with Gasteiger partial charge in [0, 0.05) is 12.5 Å². The van der Waals surface area contributed by atoms with Crippen LogP contribution in [0.4, 0.5) is 5.69 Å². The summed E-state index contributed by atoms with van der Waals surface area (Å²) < 4.78 is 16.4. The lowest BCUT2D eigenvalue weighted by Crippen LogP contribution is -2.42. The molecule has 1 fully saturated rings. The number of piperidine rings is 1. The summed E-state index contributed by atoms with van der Waals surface area (Å²) in [5.41, 5.74) is 6.23. The Morgan fingerprint density at radius 3 is 2.92 bits per heavy atom. The first-order valence-corrected chi connectivity index (χ1v) is 9.30. The predicted octanol–water partition coefficient (Wildman–Crippen LogP) is 1.83. The van der Waals surface area contributed by atoms with E-state index >= 15 is 0 Å². The highest BCUT2D eigenvalue weighted by molar-refractivity contribution is 14.1. The van der Waals surface area contributed by atoms with E-state index in [1.54, 1.807) is 0 Å². The summed E-state index contributed by atoms with van der Waals surface area (Å²) in [5.74, 6) is -0.300. The zero-order valence-corrected chi connectivity index (χ0v) is 16.1. The van der Waals surface area contributed by atoms with Gasteiger partial charge in [-0.2, -0.15) is 0 Å². The highest BCUT2D eigenvalue weighted by atomic mass is 127. The lowest BCUT2D eigenvalue weighted by atomic mass is 9.96. The number of carbonyl (C=O) groups excluding carboxylic acids is 1. The summed E-state index contributed by atoms with van der Waals surface area (Å²) >= 11 is 8.08. The Bertz CT molecular complexity index is 602. The van der Waals surface area contributed by atoms with Gasteiger partial charge in [0.05, 0.1) is 30.5 Å². The van der Waals surface area contributed by atoms with Crippen LogP contribution in [0.2, 0.25) is 5.02 Å². The number of ether oxygens (including phenoxy) is 3. The molecule has 134 valence electrons. The number of hydrogen-bond acceptors (Lipinski definition) is 7. The van der Waals surface area contributed by atoms with Crippen LogP contribution in [0.1, 0.15) is 16.8 Å². The van der Waals surface area contributed by atoms with E-state index < -0.39 is 12.1 Å². The predicted molar refractivity (Wildman–Crippen MR) is 99.2 cm³/mol.